The topological polar surface area (TPSA) is 67.2 Å². The van der Waals surface area contributed by atoms with E-state index in [1.54, 1.807) is 24.4 Å². The summed E-state index contributed by atoms with van der Waals surface area (Å²) in [7, 11) is 0. The van der Waals surface area contributed by atoms with Crippen molar-refractivity contribution in [3.05, 3.63) is 47.9 Å². The van der Waals surface area contributed by atoms with Crippen LogP contribution in [0, 0.1) is 11.8 Å². The minimum Gasteiger partial charge on any atom is -0.395 e. The van der Waals surface area contributed by atoms with E-state index in [0.717, 1.165) is 12.1 Å². The maximum absolute atomic E-state index is 12.2. The van der Waals surface area contributed by atoms with E-state index in [4.69, 9.17) is 5.11 Å². The summed E-state index contributed by atoms with van der Waals surface area (Å²) in [6, 6.07) is 7.07. The van der Waals surface area contributed by atoms with Crippen LogP contribution in [0.1, 0.15) is 29.4 Å². The summed E-state index contributed by atoms with van der Waals surface area (Å²) in [5.41, 5.74) is 1.34. The number of nitrogens with zero attached hydrogens (tertiary/aromatic N) is 2. The average molecular weight is 283 g/mol. The van der Waals surface area contributed by atoms with Crippen molar-refractivity contribution < 1.29 is 9.90 Å². The first kappa shape index (κ1) is 14.8. The molecule has 5 nitrogen and oxygen atoms in total. The molecule has 0 aliphatic heterocycles. The van der Waals surface area contributed by atoms with Gasteiger partial charge in [0.15, 0.2) is 0 Å². The SMILES string of the molecule is CCn1cccc1C(=O)Nc1cc(C#CCCO)ccn1. The van der Waals surface area contributed by atoms with Crippen LogP contribution in [0.2, 0.25) is 0 Å². The maximum atomic E-state index is 12.2. The van der Waals surface area contributed by atoms with Crippen LogP contribution in [0.25, 0.3) is 0 Å². The number of aliphatic hydroxyl groups is 1. The van der Waals surface area contributed by atoms with Gasteiger partial charge in [0.05, 0.1) is 6.61 Å². The van der Waals surface area contributed by atoms with Gasteiger partial charge in [-0.05, 0) is 31.2 Å². The molecule has 0 atom stereocenters. The number of anilines is 1. The number of pyridine rings is 1. The van der Waals surface area contributed by atoms with Gasteiger partial charge in [-0.1, -0.05) is 11.8 Å². The Labute approximate surface area is 123 Å². The number of aryl methyl sites for hydroxylation is 1. The van der Waals surface area contributed by atoms with Gasteiger partial charge in [-0.2, -0.15) is 0 Å². The zero-order valence-electron chi connectivity index (χ0n) is 11.8. The second-order valence-electron chi connectivity index (χ2n) is 4.34. The van der Waals surface area contributed by atoms with Crippen LogP contribution in [0.4, 0.5) is 5.82 Å². The standard InChI is InChI=1S/C16H17N3O2/c1-2-19-10-5-7-14(19)16(21)18-15-12-13(8-9-17-15)6-3-4-11-20/h5,7-10,12,20H,2,4,11H2,1H3,(H,17,18,21). The van der Waals surface area contributed by atoms with Crippen molar-refractivity contribution in [2.24, 2.45) is 0 Å². The molecule has 2 heterocycles. The Hall–Kier alpha value is -2.58. The fourth-order valence-corrected chi connectivity index (χ4v) is 1.87. The van der Waals surface area contributed by atoms with Crippen molar-refractivity contribution in [1.82, 2.24) is 9.55 Å². The molecule has 2 rings (SSSR count). The van der Waals surface area contributed by atoms with E-state index in [0.29, 0.717) is 17.9 Å². The molecule has 0 aliphatic rings. The van der Waals surface area contributed by atoms with Crippen molar-refractivity contribution in [2.45, 2.75) is 19.9 Å². The van der Waals surface area contributed by atoms with E-state index in [-0.39, 0.29) is 12.5 Å². The number of hydrogen-bond donors (Lipinski definition) is 2. The van der Waals surface area contributed by atoms with Gasteiger partial charge < -0.3 is 15.0 Å². The molecule has 0 bridgehead atoms. The zero-order chi connectivity index (χ0) is 15.1. The van der Waals surface area contributed by atoms with E-state index in [9.17, 15) is 4.79 Å². The van der Waals surface area contributed by atoms with Crippen molar-refractivity contribution >= 4 is 11.7 Å². The van der Waals surface area contributed by atoms with Gasteiger partial charge in [0, 0.05) is 30.9 Å². The Bertz CT molecular complexity index is 680. The number of aliphatic hydroxyl groups excluding tert-OH is 1. The maximum Gasteiger partial charge on any atom is 0.273 e. The van der Waals surface area contributed by atoms with E-state index < -0.39 is 0 Å². The molecule has 2 N–H and O–H groups in total. The lowest BCUT2D eigenvalue weighted by Crippen LogP contribution is -2.17. The van der Waals surface area contributed by atoms with Crippen LogP contribution in [-0.4, -0.2) is 27.2 Å². The van der Waals surface area contributed by atoms with Gasteiger partial charge in [0.1, 0.15) is 11.5 Å². The third-order valence-electron chi connectivity index (χ3n) is 2.87. The highest BCUT2D eigenvalue weighted by atomic mass is 16.2. The molecule has 0 fully saturated rings. The summed E-state index contributed by atoms with van der Waals surface area (Å²) >= 11 is 0. The summed E-state index contributed by atoms with van der Waals surface area (Å²) in [6.45, 7) is 2.75. The number of nitrogens with one attached hydrogen (secondary N) is 1. The number of aromatic nitrogens is 2. The van der Waals surface area contributed by atoms with E-state index >= 15 is 0 Å². The Morgan fingerprint density at radius 2 is 2.33 bits per heavy atom. The molecule has 2 aromatic rings. The minimum atomic E-state index is -0.199. The Morgan fingerprint density at radius 3 is 3.10 bits per heavy atom. The molecule has 1 amide bonds. The Balaban J connectivity index is 2.11. The largest absolute Gasteiger partial charge is 0.395 e. The predicted molar refractivity (Wildman–Crippen MR) is 80.9 cm³/mol. The fourth-order valence-electron chi connectivity index (χ4n) is 1.87. The van der Waals surface area contributed by atoms with Crippen LogP contribution >= 0.6 is 0 Å². The summed E-state index contributed by atoms with van der Waals surface area (Å²) in [5, 5.41) is 11.5. The van der Waals surface area contributed by atoms with E-state index in [1.165, 1.54) is 0 Å². The van der Waals surface area contributed by atoms with Crippen molar-refractivity contribution in [3.8, 4) is 11.8 Å². The Kier molecular flexibility index (Phi) is 5.13. The number of carbonyl (C=O) groups is 1. The fraction of sp³-hybridized carbons (Fsp3) is 0.250. The van der Waals surface area contributed by atoms with Crippen LogP contribution in [0.15, 0.2) is 36.7 Å². The van der Waals surface area contributed by atoms with Gasteiger partial charge in [-0.25, -0.2) is 4.98 Å². The highest BCUT2D eigenvalue weighted by Gasteiger charge is 2.10. The molecule has 2 aromatic heterocycles. The molecule has 0 aromatic carbocycles. The molecule has 0 unspecified atom stereocenters. The monoisotopic (exact) mass is 283 g/mol. The number of rotatable bonds is 4. The van der Waals surface area contributed by atoms with Crippen LogP contribution in [-0.2, 0) is 6.54 Å². The average Bonchev–Trinajstić information content (AvgIpc) is 2.96. The molecule has 0 aliphatic carbocycles. The van der Waals surface area contributed by atoms with Crippen molar-refractivity contribution in [3.63, 3.8) is 0 Å². The van der Waals surface area contributed by atoms with Crippen molar-refractivity contribution in [2.75, 3.05) is 11.9 Å². The molecule has 0 radical (unpaired) electrons. The van der Waals surface area contributed by atoms with E-state index in [2.05, 4.69) is 22.1 Å². The quantitative estimate of drug-likeness (QED) is 0.842. The molecule has 108 valence electrons. The summed E-state index contributed by atoms with van der Waals surface area (Å²) in [4.78, 5) is 16.3. The Morgan fingerprint density at radius 1 is 1.48 bits per heavy atom. The summed E-state index contributed by atoms with van der Waals surface area (Å²) in [5.74, 6) is 6.00. The first-order chi connectivity index (χ1) is 10.2. The van der Waals surface area contributed by atoms with Gasteiger partial charge in [-0.3, -0.25) is 4.79 Å². The van der Waals surface area contributed by atoms with E-state index in [1.807, 2.05) is 23.8 Å². The van der Waals surface area contributed by atoms with Crippen LogP contribution in [0.5, 0.6) is 0 Å². The number of carbonyl (C=O) groups excluding carboxylic acids is 1. The van der Waals surface area contributed by atoms with Gasteiger partial charge in [0.25, 0.3) is 5.91 Å². The molecule has 0 saturated heterocycles. The molecule has 21 heavy (non-hydrogen) atoms. The van der Waals surface area contributed by atoms with Crippen LogP contribution < -0.4 is 5.32 Å². The third-order valence-corrected chi connectivity index (χ3v) is 2.87. The smallest absolute Gasteiger partial charge is 0.273 e. The second kappa shape index (κ2) is 7.27. The lowest BCUT2D eigenvalue weighted by atomic mass is 10.2. The first-order valence-electron chi connectivity index (χ1n) is 6.77. The molecular weight excluding hydrogens is 266 g/mol. The molecular formula is C16H17N3O2. The third kappa shape index (κ3) is 3.94. The number of hydrogen-bond acceptors (Lipinski definition) is 3. The predicted octanol–water partition coefficient (Wildman–Crippen LogP) is 1.89. The highest BCUT2D eigenvalue weighted by Crippen LogP contribution is 2.09. The molecule has 0 spiro atoms. The van der Waals surface area contributed by atoms with Gasteiger partial charge in [0.2, 0.25) is 0 Å². The normalized spacial score (nSPS) is 9.81. The minimum absolute atomic E-state index is 0.0374. The lowest BCUT2D eigenvalue weighted by Gasteiger charge is -2.07. The van der Waals surface area contributed by atoms with Crippen LogP contribution in [0.3, 0.4) is 0 Å². The van der Waals surface area contributed by atoms with Gasteiger partial charge >= 0.3 is 0 Å². The lowest BCUT2D eigenvalue weighted by molar-refractivity contribution is 0.101. The first-order valence-corrected chi connectivity index (χ1v) is 6.77. The number of amides is 1. The van der Waals surface area contributed by atoms with Crippen molar-refractivity contribution in [1.29, 1.82) is 0 Å². The zero-order valence-corrected chi connectivity index (χ0v) is 11.8. The molecule has 0 saturated carbocycles. The van der Waals surface area contributed by atoms with Gasteiger partial charge in [-0.15, -0.1) is 0 Å². The summed E-state index contributed by atoms with van der Waals surface area (Å²) < 4.78 is 1.86. The highest BCUT2D eigenvalue weighted by molar-refractivity contribution is 6.02. The molecule has 5 heteroatoms. The second-order valence-corrected chi connectivity index (χ2v) is 4.34. The summed E-state index contributed by atoms with van der Waals surface area (Å²) in [6.07, 6.45) is 3.88.